The maximum Gasteiger partial charge on any atom is 0.191 e. The predicted molar refractivity (Wildman–Crippen MR) is 89.5 cm³/mol. The maximum atomic E-state index is 5.39. The van der Waals surface area contributed by atoms with Crippen molar-refractivity contribution >= 4 is 5.96 Å². The van der Waals surface area contributed by atoms with Crippen LogP contribution in [-0.2, 0) is 0 Å². The van der Waals surface area contributed by atoms with Gasteiger partial charge in [0.05, 0.1) is 13.2 Å². The lowest BCUT2D eigenvalue weighted by atomic mass is 10.1. The van der Waals surface area contributed by atoms with Gasteiger partial charge in [-0.15, -0.1) is 0 Å². The molecule has 2 aliphatic rings. The third-order valence-corrected chi connectivity index (χ3v) is 4.42. The van der Waals surface area contributed by atoms with Crippen LogP contribution in [0.1, 0.15) is 30.9 Å². The van der Waals surface area contributed by atoms with Crippen molar-refractivity contribution in [2.24, 2.45) is 4.99 Å². The summed E-state index contributed by atoms with van der Waals surface area (Å²) in [6.45, 7) is 5.15. The molecule has 0 amide bonds. The lowest BCUT2D eigenvalue weighted by molar-refractivity contribution is 0.244. The Morgan fingerprint density at radius 3 is 2.91 bits per heavy atom. The van der Waals surface area contributed by atoms with Crippen LogP contribution in [0, 0.1) is 0 Å². The summed E-state index contributed by atoms with van der Waals surface area (Å²) in [5.74, 6) is 1.87. The Labute approximate surface area is 132 Å². The van der Waals surface area contributed by atoms with Crippen molar-refractivity contribution in [3.63, 3.8) is 0 Å². The van der Waals surface area contributed by atoms with Crippen molar-refractivity contribution in [1.82, 2.24) is 15.5 Å². The minimum absolute atomic E-state index is 0.365. The number of hydrogen-bond donors (Lipinski definition) is 2. The summed E-state index contributed by atoms with van der Waals surface area (Å²) in [7, 11) is 1.73. The number of ether oxygens (including phenoxy) is 1. The van der Waals surface area contributed by atoms with Gasteiger partial charge in [0, 0.05) is 19.6 Å². The highest BCUT2D eigenvalue weighted by molar-refractivity contribution is 5.80. The number of nitrogens with one attached hydrogen (secondary N) is 2. The Morgan fingerprint density at radius 2 is 2.18 bits per heavy atom. The van der Waals surface area contributed by atoms with Gasteiger partial charge in [-0.3, -0.25) is 9.89 Å². The Bertz CT molecular complexity index is 511. The van der Waals surface area contributed by atoms with Crippen LogP contribution >= 0.6 is 0 Å². The summed E-state index contributed by atoms with van der Waals surface area (Å²) in [6, 6.07) is 8.80. The molecule has 0 bridgehead atoms. The highest BCUT2D eigenvalue weighted by Gasteiger charge is 2.24. The van der Waals surface area contributed by atoms with Crippen molar-refractivity contribution in [2.45, 2.75) is 25.3 Å². The number of guanidine groups is 1. The van der Waals surface area contributed by atoms with Gasteiger partial charge in [-0.2, -0.15) is 0 Å². The van der Waals surface area contributed by atoms with Crippen molar-refractivity contribution in [1.29, 1.82) is 0 Å². The lowest BCUT2D eigenvalue weighted by Crippen LogP contribution is -2.44. The Morgan fingerprint density at radius 1 is 1.32 bits per heavy atom. The SMILES string of the molecule is COc1cccc(C(CNC2=NCCCN2)N2CCCC2)c1. The summed E-state index contributed by atoms with van der Waals surface area (Å²) >= 11 is 0. The molecule has 22 heavy (non-hydrogen) atoms. The third kappa shape index (κ3) is 3.71. The Balaban J connectivity index is 1.72. The number of benzene rings is 1. The number of aliphatic imine (C=N–C) groups is 1. The molecule has 2 N–H and O–H groups in total. The number of nitrogens with zero attached hydrogens (tertiary/aromatic N) is 2. The van der Waals surface area contributed by atoms with E-state index in [4.69, 9.17) is 4.74 Å². The predicted octanol–water partition coefficient (Wildman–Crippen LogP) is 1.77. The molecule has 0 spiro atoms. The molecule has 1 atom stereocenters. The van der Waals surface area contributed by atoms with Gasteiger partial charge in [-0.1, -0.05) is 12.1 Å². The van der Waals surface area contributed by atoms with E-state index in [2.05, 4.69) is 38.7 Å². The van der Waals surface area contributed by atoms with Crippen molar-refractivity contribution < 1.29 is 4.74 Å². The van der Waals surface area contributed by atoms with Gasteiger partial charge in [0.25, 0.3) is 0 Å². The van der Waals surface area contributed by atoms with Gasteiger partial charge >= 0.3 is 0 Å². The van der Waals surface area contributed by atoms with E-state index in [0.29, 0.717) is 6.04 Å². The molecule has 1 unspecified atom stereocenters. The minimum Gasteiger partial charge on any atom is -0.497 e. The smallest absolute Gasteiger partial charge is 0.191 e. The number of hydrogen-bond acceptors (Lipinski definition) is 5. The fraction of sp³-hybridized carbons (Fsp3) is 0.588. The van der Waals surface area contributed by atoms with Gasteiger partial charge in [0.2, 0.25) is 0 Å². The van der Waals surface area contributed by atoms with Crippen molar-refractivity contribution in [3.05, 3.63) is 29.8 Å². The van der Waals surface area contributed by atoms with Gasteiger partial charge in [-0.25, -0.2) is 0 Å². The second-order valence-electron chi connectivity index (χ2n) is 5.93. The average Bonchev–Trinajstić information content (AvgIpc) is 3.10. The molecule has 1 saturated heterocycles. The van der Waals surface area contributed by atoms with E-state index in [0.717, 1.165) is 37.8 Å². The highest BCUT2D eigenvalue weighted by Crippen LogP contribution is 2.27. The summed E-state index contributed by atoms with van der Waals surface area (Å²) in [5, 5.41) is 6.83. The van der Waals surface area contributed by atoms with Crippen LogP contribution in [0.5, 0.6) is 5.75 Å². The molecule has 0 aliphatic carbocycles. The van der Waals surface area contributed by atoms with E-state index in [1.807, 2.05) is 6.07 Å². The number of rotatable bonds is 5. The van der Waals surface area contributed by atoms with Crippen LogP contribution in [-0.4, -0.2) is 50.7 Å². The maximum absolute atomic E-state index is 5.39. The van der Waals surface area contributed by atoms with Gasteiger partial charge in [-0.05, 0) is 50.0 Å². The van der Waals surface area contributed by atoms with E-state index >= 15 is 0 Å². The molecular weight excluding hydrogens is 276 g/mol. The van der Waals surface area contributed by atoms with E-state index < -0.39 is 0 Å². The minimum atomic E-state index is 0.365. The zero-order chi connectivity index (χ0) is 15.2. The molecule has 0 radical (unpaired) electrons. The van der Waals surface area contributed by atoms with Crippen LogP contribution in [0.15, 0.2) is 29.3 Å². The van der Waals surface area contributed by atoms with E-state index in [9.17, 15) is 0 Å². The quantitative estimate of drug-likeness (QED) is 0.870. The van der Waals surface area contributed by atoms with Crippen LogP contribution in [0.3, 0.4) is 0 Å². The molecule has 3 rings (SSSR count). The zero-order valence-corrected chi connectivity index (χ0v) is 13.3. The molecular formula is C17H26N4O. The summed E-state index contributed by atoms with van der Waals surface area (Å²) in [4.78, 5) is 7.07. The van der Waals surface area contributed by atoms with Gasteiger partial charge < -0.3 is 15.4 Å². The first-order valence-corrected chi connectivity index (χ1v) is 8.27. The van der Waals surface area contributed by atoms with Crippen LogP contribution in [0.25, 0.3) is 0 Å². The fourth-order valence-electron chi connectivity index (χ4n) is 3.20. The molecule has 2 heterocycles. The largest absolute Gasteiger partial charge is 0.497 e. The van der Waals surface area contributed by atoms with Crippen LogP contribution in [0.4, 0.5) is 0 Å². The first kappa shape index (κ1) is 15.2. The summed E-state index contributed by atoms with van der Waals surface area (Å²) in [6.07, 6.45) is 3.70. The van der Waals surface area contributed by atoms with Gasteiger partial charge in [0.1, 0.15) is 5.75 Å². The van der Waals surface area contributed by atoms with Gasteiger partial charge in [0.15, 0.2) is 5.96 Å². The van der Waals surface area contributed by atoms with Crippen molar-refractivity contribution in [2.75, 3.05) is 39.8 Å². The molecule has 120 valence electrons. The molecule has 1 aromatic rings. The second kappa shape index (κ2) is 7.49. The molecule has 2 aliphatic heterocycles. The summed E-state index contributed by atoms with van der Waals surface area (Å²) in [5.41, 5.74) is 1.31. The molecule has 1 fully saturated rings. The van der Waals surface area contributed by atoms with E-state index in [1.54, 1.807) is 7.11 Å². The third-order valence-electron chi connectivity index (χ3n) is 4.42. The van der Waals surface area contributed by atoms with E-state index in [-0.39, 0.29) is 0 Å². The lowest BCUT2D eigenvalue weighted by Gasteiger charge is -2.29. The Kier molecular flexibility index (Phi) is 5.16. The Hall–Kier alpha value is -1.75. The molecule has 0 aromatic heterocycles. The fourth-order valence-corrected chi connectivity index (χ4v) is 3.20. The standard InChI is InChI=1S/C17H26N4O/c1-22-15-7-4-6-14(12-15)16(21-10-2-3-11-21)13-20-17-18-8-5-9-19-17/h4,6-7,12,16H,2-3,5,8-11,13H2,1H3,(H2,18,19,20). The number of likely N-dealkylation sites (tertiary alicyclic amines) is 1. The molecule has 1 aromatic carbocycles. The second-order valence-corrected chi connectivity index (χ2v) is 5.93. The van der Waals surface area contributed by atoms with Crippen LogP contribution < -0.4 is 15.4 Å². The number of methoxy groups -OCH3 is 1. The normalized spacial score (nSPS) is 20.1. The molecule has 0 saturated carbocycles. The first-order chi connectivity index (χ1) is 10.9. The monoisotopic (exact) mass is 302 g/mol. The summed E-state index contributed by atoms with van der Waals surface area (Å²) < 4.78 is 5.39. The van der Waals surface area contributed by atoms with Crippen LogP contribution in [0.2, 0.25) is 0 Å². The first-order valence-electron chi connectivity index (χ1n) is 8.27. The highest BCUT2D eigenvalue weighted by atomic mass is 16.5. The topological polar surface area (TPSA) is 48.9 Å². The average molecular weight is 302 g/mol. The molecule has 5 heteroatoms. The molecule has 5 nitrogen and oxygen atoms in total. The van der Waals surface area contributed by atoms with Crippen molar-refractivity contribution in [3.8, 4) is 5.75 Å². The zero-order valence-electron chi connectivity index (χ0n) is 13.3. The van der Waals surface area contributed by atoms with E-state index in [1.165, 1.54) is 31.5 Å².